The number of aryl methyl sites for hydroxylation is 1. The molecule has 0 atom stereocenters. The number of phenolic OH excluding ortho intramolecular Hbond substituents is 1. The third kappa shape index (κ3) is 2.62. The highest BCUT2D eigenvalue weighted by Gasteiger charge is 2.32. The summed E-state index contributed by atoms with van der Waals surface area (Å²) >= 11 is 0. The van der Waals surface area contributed by atoms with Crippen molar-refractivity contribution in [1.82, 2.24) is 5.16 Å². The van der Waals surface area contributed by atoms with Crippen molar-refractivity contribution in [3.63, 3.8) is 0 Å². The standard InChI is InChI=1S/C15H16BNO3/c16-13(19)8-7-12-14(9-1-2-9)15(20-17-12)10-3-5-11(18)6-4-10/h3-6,9,18H,1-2,7-8,16H2. The molecule has 0 aliphatic heterocycles. The van der Waals surface area contributed by atoms with Gasteiger partial charge in [0.15, 0.2) is 13.6 Å². The lowest BCUT2D eigenvalue weighted by Gasteiger charge is -2.02. The highest BCUT2D eigenvalue weighted by Crippen LogP contribution is 2.46. The second-order valence-electron chi connectivity index (χ2n) is 5.40. The van der Waals surface area contributed by atoms with Gasteiger partial charge >= 0.3 is 0 Å². The summed E-state index contributed by atoms with van der Waals surface area (Å²) in [5.41, 5.74) is 3.15. The van der Waals surface area contributed by atoms with Crippen LogP contribution in [0.1, 0.15) is 36.4 Å². The Balaban J connectivity index is 1.94. The smallest absolute Gasteiger partial charge is 0.187 e. The first kappa shape index (κ1) is 13.0. The third-order valence-electron chi connectivity index (χ3n) is 3.63. The van der Waals surface area contributed by atoms with Crippen LogP contribution in [0.2, 0.25) is 0 Å². The highest BCUT2D eigenvalue weighted by molar-refractivity contribution is 6.57. The Bertz CT molecular complexity index is 629. The van der Waals surface area contributed by atoms with Gasteiger partial charge in [0.2, 0.25) is 0 Å². The first-order valence-electron chi connectivity index (χ1n) is 6.92. The van der Waals surface area contributed by atoms with Gasteiger partial charge in [-0.25, -0.2) is 0 Å². The first-order valence-corrected chi connectivity index (χ1v) is 6.92. The summed E-state index contributed by atoms with van der Waals surface area (Å²) in [6.07, 6.45) is 3.45. The van der Waals surface area contributed by atoms with E-state index in [9.17, 15) is 9.90 Å². The van der Waals surface area contributed by atoms with Gasteiger partial charge in [-0.05, 0) is 49.4 Å². The molecule has 0 spiro atoms. The van der Waals surface area contributed by atoms with E-state index in [1.807, 2.05) is 12.1 Å². The number of nitrogens with zero attached hydrogens (tertiary/aromatic N) is 1. The molecule has 20 heavy (non-hydrogen) atoms. The van der Waals surface area contributed by atoms with E-state index < -0.39 is 0 Å². The maximum atomic E-state index is 11.1. The minimum atomic E-state index is 0.168. The summed E-state index contributed by atoms with van der Waals surface area (Å²) in [5, 5.41) is 13.5. The number of benzene rings is 1. The van der Waals surface area contributed by atoms with Crippen molar-refractivity contribution in [2.45, 2.75) is 31.6 Å². The fraction of sp³-hybridized carbons (Fsp3) is 0.333. The molecule has 3 rings (SSSR count). The lowest BCUT2D eigenvalue weighted by Crippen LogP contribution is -2.00. The minimum absolute atomic E-state index is 0.168. The van der Waals surface area contributed by atoms with Crippen LogP contribution in [0.4, 0.5) is 0 Å². The summed E-state index contributed by atoms with van der Waals surface area (Å²) in [5.74, 6) is 1.52. The van der Waals surface area contributed by atoms with Gasteiger partial charge in [0, 0.05) is 17.5 Å². The molecular formula is C15H16BNO3. The molecule has 4 nitrogen and oxygen atoms in total. The zero-order valence-electron chi connectivity index (χ0n) is 11.4. The van der Waals surface area contributed by atoms with E-state index in [1.165, 1.54) is 0 Å². The predicted molar refractivity (Wildman–Crippen MR) is 77.5 cm³/mol. The van der Waals surface area contributed by atoms with E-state index in [-0.39, 0.29) is 11.4 Å². The molecular weight excluding hydrogens is 253 g/mol. The summed E-state index contributed by atoms with van der Waals surface area (Å²) in [6.45, 7) is 0. The number of phenols is 1. The fourth-order valence-corrected chi connectivity index (χ4v) is 2.42. The molecule has 0 saturated heterocycles. The van der Waals surface area contributed by atoms with E-state index in [0.717, 1.165) is 35.4 Å². The molecule has 5 heteroatoms. The van der Waals surface area contributed by atoms with Crippen molar-refractivity contribution < 1.29 is 14.4 Å². The number of aromatic hydroxyl groups is 1. The molecule has 102 valence electrons. The Kier molecular flexibility index (Phi) is 3.34. The van der Waals surface area contributed by atoms with Gasteiger partial charge in [-0.3, -0.25) is 0 Å². The normalized spacial score (nSPS) is 14.4. The van der Waals surface area contributed by atoms with Gasteiger partial charge in [0.25, 0.3) is 0 Å². The SMILES string of the molecule is BC(=O)CCc1noc(-c2ccc(O)cc2)c1C1CC1. The van der Waals surface area contributed by atoms with Gasteiger partial charge in [0.05, 0.1) is 11.4 Å². The summed E-state index contributed by atoms with van der Waals surface area (Å²) in [7, 11) is 1.60. The Hall–Kier alpha value is -2.04. The molecule has 1 heterocycles. The lowest BCUT2D eigenvalue weighted by atomic mass is 9.94. The van der Waals surface area contributed by atoms with Gasteiger partial charge in [-0.1, -0.05) is 5.16 Å². The molecule has 1 aromatic carbocycles. The van der Waals surface area contributed by atoms with Crippen LogP contribution in [0, 0.1) is 0 Å². The molecule has 1 fully saturated rings. The Morgan fingerprint density at radius 2 is 2.05 bits per heavy atom. The van der Waals surface area contributed by atoms with E-state index in [4.69, 9.17) is 4.52 Å². The van der Waals surface area contributed by atoms with Crippen LogP contribution in [-0.4, -0.2) is 23.8 Å². The van der Waals surface area contributed by atoms with Gasteiger partial charge < -0.3 is 14.4 Å². The van der Waals surface area contributed by atoms with Gasteiger partial charge in [0.1, 0.15) is 5.75 Å². The molecule has 1 saturated carbocycles. The number of rotatable bonds is 5. The lowest BCUT2D eigenvalue weighted by molar-refractivity contribution is -0.111. The third-order valence-corrected chi connectivity index (χ3v) is 3.63. The molecule has 0 unspecified atom stereocenters. The predicted octanol–water partition coefficient (Wildman–Crippen LogP) is 2.02. The molecule has 1 aliphatic rings. The van der Waals surface area contributed by atoms with E-state index >= 15 is 0 Å². The monoisotopic (exact) mass is 269 g/mol. The van der Waals surface area contributed by atoms with Crippen LogP contribution >= 0.6 is 0 Å². The maximum absolute atomic E-state index is 11.1. The molecule has 0 amide bonds. The van der Waals surface area contributed by atoms with Crippen LogP contribution in [0.25, 0.3) is 11.3 Å². The van der Waals surface area contributed by atoms with Gasteiger partial charge in [-0.15, -0.1) is 0 Å². The molecule has 1 aliphatic carbocycles. The van der Waals surface area contributed by atoms with E-state index in [0.29, 0.717) is 18.8 Å². The molecule has 1 aromatic heterocycles. The molecule has 0 radical (unpaired) electrons. The summed E-state index contributed by atoms with van der Waals surface area (Å²) < 4.78 is 5.51. The van der Waals surface area contributed by atoms with Crippen LogP contribution in [0.3, 0.4) is 0 Å². The fourth-order valence-electron chi connectivity index (χ4n) is 2.42. The number of carbonyl (C=O) groups excluding carboxylic acids is 1. The van der Waals surface area contributed by atoms with Crippen LogP contribution in [-0.2, 0) is 11.2 Å². The van der Waals surface area contributed by atoms with Crippen molar-refractivity contribution in [2.24, 2.45) is 0 Å². The summed E-state index contributed by atoms with van der Waals surface area (Å²) in [4.78, 5) is 11.1. The number of carbonyl (C=O) groups is 1. The van der Waals surface area contributed by atoms with Crippen LogP contribution in [0.15, 0.2) is 28.8 Å². The van der Waals surface area contributed by atoms with Crippen molar-refractivity contribution >= 4 is 13.5 Å². The van der Waals surface area contributed by atoms with Crippen molar-refractivity contribution in [3.05, 3.63) is 35.5 Å². The number of aromatic nitrogens is 1. The van der Waals surface area contributed by atoms with Crippen LogP contribution in [0.5, 0.6) is 5.75 Å². The highest BCUT2D eigenvalue weighted by atomic mass is 16.5. The average molecular weight is 269 g/mol. The zero-order valence-corrected chi connectivity index (χ0v) is 11.4. The van der Waals surface area contributed by atoms with Crippen molar-refractivity contribution in [1.29, 1.82) is 0 Å². The number of hydrogen-bond donors (Lipinski definition) is 1. The maximum Gasteiger partial charge on any atom is 0.187 e. The first-order chi connectivity index (χ1) is 9.65. The van der Waals surface area contributed by atoms with Crippen molar-refractivity contribution in [2.75, 3.05) is 0 Å². The molecule has 2 aromatic rings. The second kappa shape index (κ2) is 5.15. The van der Waals surface area contributed by atoms with E-state index in [1.54, 1.807) is 20.0 Å². The zero-order chi connectivity index (χ0) is 14.1. The largest absolute Gasteiger partial charge is 0.508 e. The second-order valence-corrected chi connectivity index (χ2v) is 5.40. The summed E-state index contributed by atoms with van der Waals surface area (Å²) in [6, 6.07) is 6.94. The minimum Gasteiger partial charge on any atom is -0.508 e. The quantitative estimate of drug-likeness (QED) is 0.843. The van der Waals surface area contributed by atoms with Crippen LogP contribution < -0.4 is 0 Å². The van der Waals surface area contributed by atoms with Crippen molar-refractivity contribution in [3.8, 4) is 17.1 Å². The van der Waals surface area contributed by atoms with Gasteiger partial charge in [-0.2, -0.15) is 0 Å². The Morgan fingerprint density at radius 1 is 1.35 bits per heavy atom. The Morgan fingerprint density at radius 3 is 2.65 bits per heavy atom. The Labute approximate surface area is 118 Å². The topological polar surface area (TPSA) is 63.3 Å². The molecule has 1 N–H and O–H groups in total. The average Bonchev–Trinajstić information content (AvgIpc) is 3.17. The number of hydrogen-bond acceptors (Lipinski definition) is 4. The molecule has 0 bridgehead atoms. The van der Waals surface area contributed by atoms with E-state index in [2.05, 4.69) is 5.16 Å².